The van der Waals surface area contributed by atoms with Crippen LogP contribution >= 0.6 is 15.9 Å². The number of nitrogens with zero attached hydrogens (tertiary/aromatic N) is 1. The molecule has 1 aliphatic rings. The number of halogens is 1. The third-order valence-corrected chi connectivity index (χ3v) is 5.34. The summed E-state index contributed by atoms with van der Waals surface area (Å²) in [6.45, 7) is 0.363. The molecule has 0 aromatic carbocycles. The summed E-state index contributed by atoms with van der Waals surface area (Å²) in [5, 5.41) is 5.29. The molecule has 1 heterocycles. The first-order chi connectivity index (χ1) is 9.89. The second-order valence-electron chi connectivity index (χ2n) is 5.85. The minimum atomic E-state index is -3.52. The van der Waals surface area contributed by atoms with Crippen LogP contribution in [0.2, 0.25) is 0 Å². The molecule has 0 amide bonds. The number of hydrogen-bond acceptors (Lipinski definition) is 4. The van der Waals surface area contributed by atoms with E-state index in [0.29, 0.717) is 12.4 Å². The SMILES string of the molecule is NS(=O)(=O)CC1(COc2cncc(Br)c2)CCCCCC1. The first kappa shape index (κ1) is 16.7. The Bertz CT molecular complexity index is 569. The van der Waals surface area contributed by atoms with Crippen LogP contribution in [0.25, 0.3) is 0 Å². The highest BCUT2D eigenvalue weighted by Gasteiger charge is 2.35. The average Bonchev–Trinajstić information content (AvgIpc) is 2.61. The van der Waals surface area contributed by atoms with Crippen molar-refractivity contribution in [2.75, 3.05) is 12.4 Å². The molecule has 1 aromatic rings. The van der Waals surface area contributed by atoms with E-state index in [-0.39, 0.29) is 11.2 Å². The van der Waals surface area contributed by atoms with Crippen molar-refractivity contribution in [2.24, 2.45) is 10.6 Å². The third kappa shape index (κ3) is 5.56. The van der Waals surface area contributed by atoms with Gasteiger partial charge in [-0.1, -0.05) is 25.7 Å². The molecule has 1 aliphatic carbocycles. The molecule has 0 spiro atoms. The van der Waals surface area contributed by atoms with Gasteiger partial charge in [0, 0.05) is 16.1 Å². The molecule has 21 heavy (non-hydrogen) atoms. The number of pyridine rings is 1. The van der Waals surface area contributed by atoms with Crippen molar-refractivity contribution < 1.29 is 13.2 Å². The number of aromatic nitrogens is 1. The largest absolute Gasteiger partial charge is 0.491 e. The number of ether oxygens (including phenoxy) is 1. The van der Waals surface area contributed by atoms with Crippen LogP contribution < -0.4 is 9.88 Å². The number of sulfonamides is 1. The van der Waals surface area contributed by atoms with Gasteiger partial charge in [0.15, 0.2) is 0 Å². The van der Waals surface area contributed by atoms with E-state index < -0.39 is 10.0 Å². The molecule has 118 valence electrons. The lowest BCUT2D eigenvalue weighted by Gasteiger charge is -2.31. The zero-order valence-corrected chi connectivity index (χ0v) is 14.3. The van der Waals surface area contributed by atoms with Crippen molar-refractivity contribution in [1.82, 2.24) is 4.98 Å². The summed E-state index contributed by atoms with van der Waals surface area (Å²) in [6.07, 6.45) is 9.32. The van der Waals surface area contributed by atoms with Crippen molar-refractivity contribution >= 4 is 26.0 Å². The molecule has 1 aromatic heterocycles. The smallest absolute Gasteiger partial charge is 0.209 e. The topological polar surface area (TPSA) is 82.3 Å². The molecule has 2 N–H and O–H groups in total. The van der Waals surface area contributed by atoms with Crippen LogP contribution in [0.1, 0.15) is 38.5 Å². The highest BCUT2D eigenvalue weighted by Crippen LogP contribution is 2.36. The second-order valence-corrected chi connectivity index (χ2v) is 8.38. The number of nitrogens with two attached hydrogens (primary N) is 1. The number of hydrogen-bond donors (Lipinski definition) is 1. The predicted molar refractivity (Wildman–Crippen MR) is 85.5 cm³/mol. The van der Waals surface area contributed by atoms with E-state index in [9.17, 15) is 8.42 Å². The quantitative estimate of drug-likeness (QED) is 0.800. The minimum Gasteiger partial charge on any atom is -0.491 e. The maximum atomic E-state index is 11.6. The van der Waals surface area contributed by atoms with Crippen molar-refractivity contribution in [3.05, 3.63) is 22.9 Å². The van der Waals surface area contributed by atoms with E-state index in [1.165, 1.54) is 0 Å². The van der Waals surface area contributed by atoms with Crippen LogP contribution in [-0.2, 0) is 10.0 Å². The summed E-state index contributed by atoms with van der Waals surface area (Å²) in [4.78, 5) is 4.05. The molecule has 1 saturated carbocycles. The average molecular weight is 377 g/mol. The van der Waals surface area contributed by atoms with E-state index >= 15 is 0 Å². The first-order valence-electron chi connectivity index (χ1n) is 7.12. The fourth-order valence-electron chi connectivity index (χ4n) is 2.94. The molecule has 0 unspecified atom stereocenters. The molecule has 2 rings (SSSR count). The molecule has 7 heteroatoms. The van der Waals surface area contributed by atoms with Gasteiger partial charge in [0.25, 0.3) is 0 Å². The Balaban J connectivity index is 2.11. The van der Waals surface area contributed by atoms with Crippen LogP contribution in [-0.4, -0.2) is 25.8 Å². The summed E-state index contributed by atoms with van der Waals surface area (Å²) >= 11 is 3.34. The Morgan fingerprint density at radius 3 is 2.48 bits per heavy atom. The van der Waals surface area contributed by atoms with E-state index in [1.54, 1.807) is 12.4 Å². The van der Waals surface area contributed by atoms with Gasteiger partial charge < -0.3 is 4.74 Å². The second kappa shape index (κ2) is 7.07. The molecule has 0 aliphatic heterocycles. The van der Waals surface area contributed by atoms with Gasteiger partial charge >= 0.3 is 0 Å². The van der Waals surface area contributed by atoms with Crippen LogP contribution in [0, 0.1) is 5.41 Å². The van der Waals surface area contributed by atoms with E-state index in [2.05, 4.69) is 20.9 Å². The summed E-state index contributed by atoms with van der Waals surface area (Å²) in [5.41, 5.74) is -0.383. The molecule has 0 radical (unpaired) electrons. The normalized spacial score (nSPS) is 19.0. The maximum absolute atomic E-state index is 11.6. The van der Waals surface area contributed by atoms with Gasteiger partial charge in [0.1, 0.15) is 5.75 Å². The van der Waals surface area contributed by atoms with Gasteiger partial charge in [-0.25, -0.2) is 13.6 Å². The zero-order valence-electron chi connectivity index (χ0n) is 11.9. The van der Waals surface area contributed by atoms with Crippen molar-refractivity contribution in [3.63, 3.8) is 0 Å². The number of primary sulfonamides is 1. The Morgan fingerprint density at radius 2 is 1.90 bits per heavy atom. The first-order valence-corrected chi connectivity index (χ1v) is 9.63. The Kier molecular flexibility index (Phi) is 5.62. The Morgan fingerprint density at radius 1 is 1.24 bits per heavy atom. The monoisotopic (exact) mass is 376 g/mol. The lowest BCUT2D eigenvalue weighted by atomic mass is 9.83. The molecule has 0 bridgehead atoms. The van der Waals surface area contributed by atoms with Crippen LogP contribution in [0.5, 0.6) is 5.75 Å². The van der Waals surface area contributed by atoms with Gasteiger partial charge in [-0.3, -0.25) is 4.98 Å². The van der Waals surface area contributed by atoms with Gasteiger partial charge in [-0.2, -0.15) is 0 Å². The Hall–Kier alpha value is -0.660. The summed E-state index contributed by atoms with van der Waals surface area (Å²) < 4.78 is 29.8. The van der Waals surface area contributed by atoms with Gasteiger partial charge in [0.05, 0.1) is 18.6 Å². The summed E-state index contributed by atoms with van der Waals surface area (Å²) in [7, 11) is -3.52. The van der Waals surface area contributed by atoms with Crippen molar-refractivity contribution in [2.45, 2.75) is 38.5 Å². The molecular weight excluding hydrogens is 356 g/mol. The van der Waals surface area contributed by atoms with Crippen molar-refractivity contribution in [1.29, 1.82) is 0 Å². The molecular formula is C14H21BrN2O3S. The zero-order chi connectivity index (χ0) is 15.3. The molecule has 1 fully saturated rings. The minimum absolute atomic E-state index is 0.0125. The lowest BCUT2D eigenvalue weighted by Crippen LogP contribution is -2.38. The highest BCUT2D eigenvalue weighted by atomic mass is 79.9. The molecule has 5 nitrogen and oxygen atoms in total. The van der Waals surface area contributed by atoms with E-state index in [0.717, 1.165) is 43.0 Å². The van der Waals surface area contributed by atoms with E-state index in [4.69, 9.17) is 9.88 Å². The van der Waals surface area contributed by atoms with E-state index in [1.807, 2.05) is 6.07 Å². The summed E-state index contributed by atoms with van der Waals surface area (Å²) in [5.74, 6) is 0.629. The Labute approximate surface area is 134 Å². The number of rotatable bonds is 5. The highest BCUT2D eigenvalue weighted by molar-refractivity contribution is 9.10. The fraction of sp³-hybridized carbons (Fsp3) is 0.643. The van der Waals surface area contributed by atoms with Crippen LogP contribution in [0.4, 0.5) is 0 Å². The maximum Gasteiger partial charge on any atom is 0.209 e. The van der Waals surface area contributed by atoms with Gasteiger partial charge in [-0.05, 0) is 34.8 Å². The van der Waals surface area contributed by atoms with Crippen molar-refractivity contribution in [3.8, 4) is 5.75 Å². The third-order valence-electron chi connectivity index (χ3n) is 3.90. The predicted octanol–water partition coefficient (Wildman–Crippen LogP) is 2.85. The molecule has 0 saturated heterocycles. The van der Waals surface area contributed by atoms with Crippen LogP contribution in [0.15, 0.2) is 22.9 Å². The lowest BCUT2D eigenvalue weighted by molar-refractivity contribution is 0.145. The summed E-state index contributed by atoms with van der Waals surface area (Å²) in [6, 6.07) is 1.83. The van der Waals surface area contributed by atoms with Crippen LogP contribution in [0.3, 0.4) is 0 Å². The van der Waals surface area contributed by atoms with Gasteiger partial charge in [0.2, 0.25) is 10.0 Å². The standard InChI is InChI=1S/C14H21BrN2O3S/c15-12-7-13(9-17-8-12)20-10-14(11-21(16,18)19)5-3-1-2-4-6-14/h7-9H,1-6,10-11H2,(H2,16,18,19). The molecule has 0 atom stereocenters. The fourth-order valence-corrected chi connectivity index (χ4v) is 4.51. The van der Waals surface area contributed by atoms with Gasteiger partial charge in [-0.15, -0.1) is 0 Å².